The Morgan fingerprint density at radius 3 is 2.53 bits per heavy atom. The Hall–Kier alpha value is -0.380. The molecule has 0 amide bonds. The number of aliphatic hydroxyl groups is 1. The first-order chi connectivity index (χ1) is 7.29. The third-order valence-electron chi connectivity index (χ3n) is 2.80. The van der Waals surface area contributed by atoms with Crippen molar-refractivity contribution in [1.29, 1.82) is 0 Å². The molecule has 1 atom stereocenters. The van der Waals surface area contributed by atoms with Crippen LogP contribution in [0.1, 0.15) is 24.4 Å². The molecule has 0 aliphatic heterocycles. The Kier molecular flexibility index (Phi) is 3.78. The van der Waals surface area contributed by atoms with Crippen molar-refractivity contribution in [2.24, 2.45) is 5.92 Å². The number of hydrogen-bond acceptors (Lipinski definition) is 2. The molecule has 0 heterocycles. The second kappa shape index (κ2) is 5.10. The van der Waals surface area contributed by atoms with Crippen molar-refractivity contribution >= 4 is 15.9 Å². The second-order valence-electron chi connectivity index (χ2n) is 4.14. The van der Waals surface area contributed by atoms with Gasteiger partial charge >= 0.3 is 0 Å². The van der Waals surface area contributed by atoms with Gasteiger partial charge in [0.2, 0.25) is 0 Å². The molecule has 15 heavy (non-hydrogen) atoms. The average Bonchev–Trinajstić information content (AvgIpc) is 3.05. The molecule has 2 N–H and O–H groups in total. The summed E-state index contributed by atoms with van der Waals surface area (Å²) in [6.07, 6.45) is 2.68. The Morgan fingerprint density at radius 2 is 2.00 bits per heavy atom. The first-order valence-electron chi connectivity index (χ1n) is 5.39. The first kappa shape index (κ1) is 11.1. The molecule has 0 radical (unpaired) electrons. The Bertz CT molecular complexity index is 308. The molecular weight excluding hydrogens is 254 g/mol. The minimum Gasteiger partial charge on any atom is -0.394 e. The van der Waals surface area contributed by atoms with Gasteiger partial charge in [-0.3, -0.25) is 0 Å². The van der Waals surface area contributed by atoms with Crippen LogP contribution in [0.4, 0.5) is 0 Å². The third-order valence-corrected chi connectivity index (χ3v) is 3.33. The third kappa shape index (κ3) is 3.30. The fourth-order valence-corrected chi connectivity index (χ4v) is 1.88. The van der Waals surface area contributed by atoms with Gasteiger partial charge in [-0.2, -0.15) is 0 Å². The van der Waals surface area contributed by atoms with Crippen LogP contribution < -0.4 is 5.32 Å². The lowest BCUT2D eigenvalue weighted by Gasteiger charge is -2.16. The van der Waals surface area contributed by atoms with Crippen molar-refractivity contribution in [1.82, 2.24) is 5.32 Å². The van der Waals surface area contributed by atoms with Gasteiger partial charge in [-0.25, -0.2) is 0 Å². The minimum atomic E-state index is 0.0821. The molecule has 2 rings (SSSR count). The van der Waals surface area contributed by atoms with Crippen molar-refractivity contribution in [3.63, 3.8) is 0 Å². The van der Waals surface area contributed by atoms with Crippen LogP contribution in [0.3, 0.4) is 0 Å². The van der Waals surface area contributed by atoms with Gasteiger partial charge in [0, 0.05) is 4.47 Å². The highest BCUT2D eigenvalue weighted by Crippen LogP contribution is 2.28. The lowest BCUT2D eigenvalue weighted by Crippen LogP contribution is -2.26. The fraction of sp³-hybridized carbons (Fsp3) is 0.500. The SMILES string of the molecule is OCC(NCC1CC1)c1ccc(Br)cc1. The van der Waals surface area contributed by atoms with E-state index in [1.807, 2.05) is 24.3 Å². The maximum atomic E-state index is 9.31. The molecular formula is C12H16BrNO. The van der Waals surface area contributed by atoms with Crippen LogP contribution in [0.5, 0.6) is 0 Å². The van der Waals surface area contributed by atoms with E-state index in [1.54, 1.807) is 0 Å². The average molecular weight is 270 g/mol. The lowest BCUT2D eigenvalue weighted by molar-refractivity contribution is 0.243. The number of rotatable bonds is 5. The van der Waals surface area contributed by atoms with Crippen LogP contribution in [0.25, 0.3) is 0 Å². The summed E-state index contributed by atoms with van der Waals surface area (Å²) in [7, 11) is 0. The van der Waals surface area contributed by atoms with E-state index < -0.39 is 0 Å². The summed E-state index contributed by atoms with van der Waals surface area (Å²) in [5.41, 5.74) is 1.15. The van der Waals surface area contributed by atoms with E-state index in [9.17, 15) is 5.11 Å². The van der Waals surface area contributed by atoms with Crippen molar-refractivity contribution in [3.05, 3.63) is 34.3 Å². The molecule has 0 spiro atoms. The number of halogens is 1. The molecule has 1 aromatic rings. The Morgan fingerprint density at radius 1 is 1.33 bits per heavy atom. The van der Waals surface area contributed by atoms with Crippen LogP contribution in [0.15, 0.2) is 28.7 Å². The van der Waals surface area contributed by atoms with E-state index in [0.717, 1.165) is 22.5 Å². The molecule has 82 valence electrons. The largest absolute Gasteiger partial charge is 0.394 e. The monoisotopic (exact) mass is 269 g/mol. The van der Waals surface area contributed by atoms with Crippen molar-refractivity contribution in [2.75, 3.05) is 13.2 Å². The van der Waals surface area contributed by atoms with Crippen molar-refractivity contribution in [3.8, 4) is 0 Å². The topological polar surface area (TPSA) is 32.3 Å². The molecule has 3 heteroatoms. The molecule has 2 nitrogen and oxygen atoms in total. The van der Waals surface area contributed by atoms with Gasteiger partial charge in [-0.15, -0.1) is 0 Å². The molecule has 1 aromatic carbocycles. The van der Waals surface area contributed by atoms with Gasteiger partial charge < -0.3 is 10.4 Å². The van der Waals surface area contributed by atoms with Gasteiger partial charge in [-0.1, -0.05) is 28.1 Å². The highest BCUT2D eigenvalue weighted by atomic mass is 79.9. The Labute approximate surface area is 98.8 Å². The fourth-order valence-electron chi connectivity index (χ4n) is 1.61. The summed E-state index contributed by atoms with van der Waals surface area (Å²) >= 11 is 3.41. The predicted octanol–water partition coefficient (Wildman–Crippen LogP) is 2.48. The van der Waals surface area contributed by atoms with E-state index in [0.29, 0.717) is 0 Å². The smallest absolute Gasteiger partial charge is 0.0626 e. The highest BCUT2D eigenvalue weighted by Gasteiger charge is 2.22. The quantitative estimate of drug-likeness (QED) is 0.861. The molecule has 0 aromatic heterocycles. The zero-order valence-corrected chi connectivity index (χ0v) is 10.2. The number of aliphatic hydroxyl groups excluding tert-OH is 1. The number of benzene rings is 1. The molecule has 1 aliphatic rings. The highest BCUT2D eigenvalue weighted by molar-refractivity contribution is 9.10. The normalized spacial score (nSPS) is 17.7. The van der Waals surface area contributed by atoms with Crippen LogP contribution in [-0.2, 0) is 0 Å². The summed E-state index contributed by atoms with van der Waals surface area (Å²) in [6.45, 7) is 1.19. The standard InChI is InChI=1S/C12H16BrNO/c13-11-5-3-10(4-6-11)12(8-15)14-7-9-1-2-9/h3-6,9,12,14-15H,1-2,7-8H2. The zero-order chi connectivity index (χ0) is 10.7. The first-order valence-corrected chi connectivity index (χ1v) is 6.18. The van der Waals surface area contributed by atoms with E-state index in [-0.39, 0.29) is 12.6 Å². The number of nitrogens with one attached hydrogen (secondary N) is 1. The van der Waals surface area contributed by atoms with Crippen molar-refractivity contribution < 1.29 is 5.11 Å². The maximum absolute atomic E-state index is 9.31. The van der Waals surface area contributed by atoms with Gasteiger partial charge in [0.1, 0.15) is 0 Å². The summed E-state index contributed by atoms with van der Waals surface area (Å²) in [5.74, 6) is 0.842. The summed E-state index contributed by atoms with van der Waals surface area (Å²) in [4.78, 5) is 0. The van der Waals surface area contributed by atoms with E-state index >= 15 is 0 Å². The van der Waals surface area contributed by atoms with E-state index in [2.05, 4.69) is 21.2 Å². The predicted molar refractivity (Wildman–Crippen MR) is 64.7 cm³/mol. The minimum absolute atomic E-state index is 0.0821. The summed E-state index contributed by atoms with van der Waals surface area (Å²) < 4.78 is 1.07. The Balaban J connectivity index is 1.94. The zero-order valence-electron chi connectivity index (χ0n) is 8.62. The summed E-state index contributed by atoms with van der Waals surface area (Å²) in [6, 6.07) is 8.20. The molecule has 0 saturated heterocycles. The van der Waals surface area contributed by atoms with Gasteiger partial charge in [-0.05, 0) is 43.0 Å². The van der Waals surface area contributed by atoms with Crippen LogP contribution >= 0.6 is 15.9 Å². The molecule has 1 fully saturated rings. The van der Waals surface area contributed by atoms with Crippen LogP contribution in [0, 0.1) is 5.92 Å². The molecule has 1 unspecified atom stereocenters. The molecule has 1 aliphatic carbocycles. The van der Waals surface area contributed by atoms with Gasteiger partial charge in [0.05, 0.1) is 12.6 Å². The van der Waals surface area contributed by atoms with Gasteiger partial charge in [0.15, 0.2) is 0 Å². The van der Waals surface area contributed by atoms with Crippen LogP contribution in [0.2, 0.25) is 0 Å². The van der Waals surface area contributed by atoms with E-state index in [4.69, 9.17) is 0 Å². The van der Waals surface area contributed by atoms with Gasteiger partial charge in [0.25, 0.3) is 0 Å². The second-order valence-corrected chi connectivity index (χ2v) is 5.05. The van der Waals surface area contributed by atoms with Crippen LogP contribution in [-0.4, -0.2) is 18.3 Å². The lowest BCUT2D eigenvalue weighted by atomic mass is 10.1. The summed E-state index contributed by atoms with van der Waals surface area (Å²) in [5, 5.41) is 12.7. The maximum Gasteiger partial charge on any atom is 0.0626 e. The molecule has 0 bridgehead atoms. The van der Waals surface area contributed by atoms with E-state index in [1.165, 1.54) is 12.8 Å². The number of hydrogen-bond donors (Lipinski definition) is 2. The van der Waals surface area contributed by atoms with Crippen molar-refractivity contribution in [2.45, 2.75) is 18.9 Å². The molecule has 1 saturated carbocycles.